The van der Waals surface area contributed by atoms with Crippen LogP contribution in [0, 0.1) is 3.57 Å². The van der Waals surface area contributed by atoms with Crippen LogP contribution in [0.25, 0.3) is 6.08 Å². The average Bonchev–Trinajstić information content (AvgIpc) is 3.16. The van der Waals surface area contributed by atoms with E-state index in [1.165, 1.54) is 6.07 Å². The molecule has 3 amide bonds. The van der Waals surface area contributed by atoms with Crippen LogP contribution in [0.5, 0.6) is 5.75 Å². The second kappa shape index (κ2) is 7.14. The predicted molar refractivity (Wildman–Crippen MR) is 99.3 cm³/mol. The number of carbonyl (C=O) groups is 3. The zero-order valence-corrected chi connectivity index (χ0v) is 15.7. The van der Waals surface area contributed by atoms with Gasteiger partial charge in [0.1, 0.15) is 12.3 Å². The lowest BCUT2D eigenvalue weighted by atomic mass is 10.2. The van der Waals surface area contributed by atoms with Crippen LogP contribution in [0.1, 0.15) is 18.4 Å². The topological polar surface area (TPSA) is 77.9 Å². The van der Waals surface area contributed by atoms with Crippen LogP contribution in [0.15, 0.2) is 23.1 Å². The van der Waals surface area contributed by atoms with Crippen LogP contribution in [-0.4, -0.2) is 51.6 Å². The van der Waals surface area contributed by atoms with Crippen molar-refractivity contribution >= 4 is 57.5 Å². The van der Waals surface area contributed by atoms with E-state index in [-0.39, 0.29) is 23.1 Å². The van der Waals surface area contributed by atoms with Gasteiger partial charge in [0.05, 0.1) is 8.48 Å². The van der Waals surface area contributed by atoms with Crippen LogP contribution in [0.3, 0.4) is 0 Å². The smallest absolute Gasteiger partial charge is 0.294 e. The van der Waals surface area contributed by atoms with E-state index in [2.05, 4.69) is 0 Å². The quantitative estimate of drug-likeness (QED) is 0.557. The Morgan fingerprint density at radius 1 is 1.29 bits per heavy atom. The fraction of sp³-hybridized carbons (Fsp3) is 0.312. The van der Waals surface area contributed by atoms with Gasteiger partial charge < -0.3 is 10.0 Å². The fourth-order valence-corrected chi connectivity index (χ4v) is 3.98. The summed E-state index contributed by atoms with van der Waals surface area (Å²) < 4.78 is 0.657. The Bertz CT molecular complexity index is 744. The van der Waals surface area contributed by atoms with E-state index in [1.807, 2.05) is 22.6 Å². The van der Waals surface area contributed by atoms with Crippen LogP contribution in [-0.2, 0) is 9.59 Å². The molecule has 1 aromatic rings. The molecular weight excluding hydrogens is 443 g/mol. The molecule has 6 nitrogen and oxygen atoms in total. The summed E-state index contributed by atoms with van der Waals surface area (Å²) in [5, 5.41) is 9.11. The minimum atomic E-state index is -0.444. The number of hydrogen-bond acceptors (Lipinski definition) is 5. The number of benzene rings is 1. The number of thioether (sulfide) groups is 1. The van der Waals surface area contributed by atoms with Gasteiger partial charge in [0.2, 0.25) is 5.91 Å². The highest BCUT2D eigenvalue weighted by atomic mass is 127. The molecule has 2 fully saturated rings. The van der Waals surface area contributed by atoms with Gasteiger partial charge in [-0.2, -0.15) is 0 Å². The normalized spacial score (nSPS) is 19.6. The maximum atomic E-state index is 12.4. The number of hydrogen-bond donors (Lipinski definition) is 1. The van der Waals surface area contributed by atoms with E-state index in [0.717, 1.165) is 29.5 Å². The van der Waals surface area contributed by atoms with E-state index >= 15 is 0 Å². The lowest BCUT2D eigenvalue weighted by Gasteiger charge is -2.18. The number of likely N-dealkylation sites (tertiary alicyclic amines) is 1. The first kappa shape index (κ1) is 17.3. The number of amides is 3. The Balaban J connectivity index is 1.74. The number of aromatic hydroxyl groups is 1. The Kier molecular flexibility index (Phi) is 5.14. The largest absolute Gasteiger partial charge is 0.507 e. The van der Waals surface area contributed by atoms with Crippen LogP contribution in [0.4, 0.5) is 4.79 Å². The maximum Gasteiger partial charge on any atom is 0.294 e. The Morgan fingerprint density at radius 3 is 2.67 bits per heavy atom. The highest BCUT2D eigenvalue weighted by Crippen LogP contribution is 2.33. The van der Waals surface area contributed by atoms with Gasteiger partial charge in [-0.05, 0) is 71.0 Å². The molecule has 0 spiro atoms. The molecule has 24 heavy (non-hydrogen) atoms. The summed E-state index contributed by atoms with van der Waals surface area (Å²) in [6, 6.07) is 4.93. The zero-order valence-electron chi connectivity index (χ0n) is 12.7. The standard InChI is InChI=1S/C16H15IN2O4S/c17-11-7-10(3-4-12(11)20)8-13-15(22)19(16(23)24-13)9-14(21)18-5-1-2-6-18/h3-4,7-8,20H,1-2,5-6,9H2/b13-8-. The molecule has 0 aliphatic carbocycles. The monoisotopic (exact) mass is 458 g/mol. The van der Waals surface area contributed by atoms with Crippen molar-refractivity contribution < 1.29 is 19.5 Å². The fourth-order valence-electron chi connectivity index (χ4n) is 2.60. The number of rotatable bonds is 3. The second-order valence-electron chi connectivity index (χ2n) is 5.57. The average molecular weight is 458 g/mol. The maximum absolute atomic E-state index is 12.4. The van der Waals surface area contributed by atoms with Gasteiger partial charge >= 0.3 is 0 Å². The van der Waals surface area contributed by atoms with Crippen molar-refractivity contribution in [3.63, 3.8) is 0 Å². The molecular formula is C16H15IN2O4S. The third kappa shape index (κ3) is 3.59. The van der Waals surface area contributed by atoms with E-state index in [0.29, 0.717) is 22.2 Å². The van der Waals surface area contributed by atoms with Crippen molar-refractivity contribution in [1.82, 2.24) is 9.80 Å². The molecule has 126 valence electrons. The first-order valence-corrected chi connectivity index (χ1v) is 9.37. The summed E-state index contributed by atoms with van der Waals surface area (Å²) >= 11 is 2.82. The molecule has 2 saturated heterocycles. The van der Waals surface area contributed by atoms with Gasteiger partial charge in [-0.25, -0.2) is 0 Å². The third-order valence-electron chi connectivity index (χ3n) is 3.90. The Morgan fingerprint density at radius 2 is 2.00 bits per heavy atom. The summed E-state index contributed by atoms with van der Waals surface area (Å²) in [4.78, 5) is 39.6. The number of nitrogens with zero attached hydrogens (tertiary/aromatic N) is 2. The molecule has 8 heteroatoms. The lowest BCUT2D eigenvalue weighted by Crippen LogP contribution is -2.40. The Labute approximate surface area is 157 Å². The van der Waals surface area contributed by atoms with Crippen molar-refractivity contribution in [3.05, 3.63) is 32.2 Å². The molecule has 2 aliphatic heterocycles. The van der Waals surface area contributed by atoms with Crippen LogP contribution < -0.4 is 0 Å². The predicted octanol–water partition coefficient (Wildman–Crippen LogP) is 2.66. The van der Waals surface area contributed by atoms with Gasteiger partial charge in [0, 0.05) is 13.1 Å². The number of imide groups is 1. The van der Waals surface area contributed by atoms with E-state index in [9.17, 15) is 19.5 Å². The summed E-state index contributed by atoms with van der Waals surface area (Å²) in [5.41, 5.74) is 0.716. The first-order valence-electron chi connectivity index (χ1n) is 7.47. The summed E-state index contributed by atoms with van der Waals surface area (Å²) in [5.74, 6) is -0.465. The number of phenolic OH excluding ortho intramolecular Hbond substituents is 1. The van der Waals surface area contributed by atoms with Crippen molar-refractivity contribution in [3.8, 4) is 5.75 Å². The molecule has 2 aliphatic rings. The minimum absolute atomic E-state index is 0.164. The van der Waals surface area contributed by atoms with Gasteiger partial charge in [-0.1, -0.05) is 6.07 Å². The molecule has 0 unspecified atom stereocenters. The van der Waals surface area contributed by atoms with Gasteiger partial charge in [0.15, 0.2) is 0 Å². The van der Waals surface area contributed by atoms with Gasteiger partial charge in [-0.3, -0.25) is 19.3 Å². The molecule has 0 bridgehead atoms. The second-order valence-corrected chi connectivity index (χ2v) is 7.72. The summed E-state index contributed by atoms with van der Waals surface area (Å²) in [6.07, 6.45) is 3.53. The molecule has 0 aromatic heterocycles. The van der Waals surface area contributed by atoms with E-state index in [1.54, 1.807) is 23.1 Å². The lowest BCUT2D eigenvalue weighted by molar-refractivity contribution is -0.135. The first-order chi connectivity index (χ1) is 11.5. The molecule has 1 aromatic carbocycles. The van der Waals surface area contributed by atoms with Gasteiger partial charge in [0.25, 0.3) is 11.1 Å². The van der Waals surface area contributed by atoms with Crippen LogP contribution >= 0.6 is 34.4 Å². The molecule has 3 rings (SSSR count). The zero-order chi connectivity index (χ0) is 17.3. The van der Waals surface area contributed by atoms with Gasteiger partial charge in [-0.15, -0.1) is 0 Å². The minimum Gasteiger partial charge on any atom is -0.507 e. The van der Waals surface area contributed by atoms with E-state index in [4.69, 9.17) is 0 Å². The van der Waals surface area contributed by atoms with Crippen molar-refractivity contribution in [2.75, 3.05) is 19.6 Å². The molecule has 0 saturated carbocycles. The van der Waals surface area contributed by atoms with Crippen molar-refractivity contribution in [2.24, 2.45) is 0 Å². The highest BCUT2D eigenvalue weighted by Gasteiger charge is 2.37. The third-order valence-corrected chi connectivity index (χ3v) is 5.67. The SMILES string of the molecule is O=C(CN1C(=O)S/C(=C\c2ccc(O)c(I)c2)C1=O)N1CCCC1. The summed E-state index contributed by atoms with van der Waals surface area (Å²) in [6.45, 7) is 1.18. The molecule has 1 N–H and O–H groups in total. The van der Waals surface area contributed by atoms with Crippen LogP contribution in [0.2, 0.25) is 0 Å². The molecule has 2 heterocycles. The van der Waals surface area contributed by atoms with Crippen molar-refractivity contribution in [2.45, 2.75) is 12.8 Å². The number of halogens is 1. The molecule has 0 atom stereocenters. The van der Waals surface area contributed by atoms with Crippen molar-refractivity contribution in [1.29, 1.82) is 0 Å². The Hall–Kier alpha value is -1.55. The number of carbonyl (C=O) groups excluding carboxylic acids is 3. The molecule has 0 radical (unpaired) electrons. The van der Waals surface area contributed by atoms with E-state index < -0.39 is 11.1 Å². The number of phenols is 1. The summed E-state index contributed by atoms with van der Waals surface area (Å²) in [7, 11) is 0. The highest BCUT2D eigenvalue weighted by molar-refractivity contribution is 14.1.